The van der Waals surface area contributed by atoms with Crippen molar-refractivity contribution >= 4 is 30.8 Å². The lowest BCUT2D eigenvalue weighted by Crippen LogP contribution is -2.41. The van der Waals surface area contributed by atoms with Gasteiger partial charge in [-0.25, -0.2) is 9.78 Å². The second-order valence-corrected chi connectivity index (χ2v) is 11.1. The molecule has 0 spiro atoms. The first-order valence-electron chi connectivity index (χ1n) is 13.1. The van der Waals surface area contributed by atoms with E-state index in [0.717, 1.165) is 16.7 Å². The Kier molecular flexibility index (Phi) is 6.90. The van der Waals surface area contributed by atoms with E-state index in [-0.39, 0.29) is 24.9 Å². The number of amides is 1. The monoisotopic (exact) mass is 526 g/mol. The average molecular weight is 526 g/mol. The Morgan fingerprint density at radius 3 is 2.18 bits per heavy atom. The Morgan fingerprint density at radius 2 is 1.59 bits per heavy atom. The van der Waals surface area contributed by atoms with E-state index in [1.807, 2.05) is 65.0 Å². The number of carbonyl (C=O) groups excluding carboxylic acids is 1. The van der Waals surface area contributed by atoms with Crippen molar-refractivity contribution in [3.63, 3.8) is 0 Å². The summed E-state index contributed by atoms with van der Waals surface area (Å²) in [7, 11) is -0.679. The van der Waals surface area contributed by atoms with Crippen LogP contribution in [0, 0.1) is 6.92 Å². The first-order chi connectivity index (χ1) is 18.5. The van der Waals surface area contributed by atoms with Crippen molar-refractivity contribution in [2.75, 3.05) is 24.6 Å². The first kappa shape index (κ1) is 26.8. The lowest BCUT2D eigenvalue weighted by Gasteiger charge is -2.32. The number of fused-ring (bicyclic) bond motifs is 3. The smallest absolute Gasteiger partial charge is 0.449 e. The number of benzene rings is 2. The molecule has 0 radical (unpaired) electrons. The summed E-state index contributed by atoms with van der Waals surface area (Å²) < 4.78 is 18.3. The summed E-state index contributed by atoms with van der Waals surface area (Å²) in [5, 5.41) is 2.89. The van der Waals surface area contributed by atoms with Crippen molar-refractivity contribution < 1.29 is 18.8 Å². The molecule has 0 atom stereocenters. The number of nitrogen functional groups attached to an aromatic ring is 2. The van der Waals surface area contributed by atoms with Gasteiger partial charge in [0.25, 0.3) is 0 Å². The fourth-order valence-corrected chi connectivity index (χ4v) is 5.02. The number of aromatic nitrogens is 1. The molecule has 0 unspecified atom stereocenters. The molecular weight excluding hydrogens is 491 g/mol. The minimum atomic E-state index is -0.679. The predicted molar refractivity (Wildman–Crippen MR) is 155 cm³/mol. The highest BCUT2D eigenvalue weighted by Crippen LogP contribution is 2.44. The first-order valence-corrected chi connectivity index (χ1v) is 13.1. The molecule has 0 saturated carbocycles. The van der Waals surface area contributed by atoms with Gasteiger partial charge in [-0.2, -0.15) is 0 Å². The van der Waals surface area contributed by atoms with Crippen LogP contribution in [0.4, 0.5) is 16.3 Å². The van der Waals surface area contributed by atoms with E-state index in [4.69, 9.17) is 25.5 Å². The van der Waals surface area contributed by atoms with Crippen molar-refractivity contribution in [1.29, 1.82) is 0 Å². The molecule has 8 nitrogen and oxygen atoms in total. The number of rotatable bonds is 6. The Balaban J connectivity index is 1.33. The maximum atomic E-state index is 12.9. The van der Waals surface area contributed by atoms with Gasteiger partial charge in [-0.1, -0.05) is 54.6 Å². The van der Waals surface area contributed by atoms with Crippen LogP contribution < -0.4 is 16.8 Å². The summed E-state index contributed by atoms with van der Waals surface area (Å²) in [5.74, 6) is 0.256. The molecule has 1 amide bonds. The van der Waals surface area contributed by atoms with Crippen LogP contribution in [0.15, 0.2) is 60.1 Å². The average Bonchev–Trinajstić information content (AvgIpc) is 3.32. The standard InChI is InChI=1S/C30H35BN4O4/c1-18-19(15-26(32)27(33)35-18)14-20(31-38-29(2,3)30(4,5)39-31)16-34-28(36)37-17-25-23-12-8-6-10-21(23)22-11-7-9-13-24(22)25/h6-15,25H,16-17,32H2,1-5H3,(H2,33,35)(H,34,36). The summed E-state index contributed by atoms with van der Waals surface area (Å²) in [6.07, 6.45) is 1.36. The molecule has 2 aromatic carbocycles. The second-order valence-electron chi connectivity index (χ2n) is 11.1. The third-order valence-corrected chi connectivity index (χ3v) is 7.99. The van der Waals surface area contributed by atoms with Gasteiger partial charge in [-0.15, -0.1) is 0 Å². The minimum absolute atomic E-state index is 0.0206. The van der Waals surface area contributed by atoms with Gasteiger partial charge in [-0.05, 0) is 74.0 Å². The van der Waals surface area contributed by atoms with Crippen molar-refractivity contribution in [3.05, 3.63) is 82.5 Å². The number of anilines is 2. The van der Waals surface area contributed by atoms with Crippen LogP contribution in [0.5, 0.6) is 0 Å². The highest BCUT2D eigenvalue weighted by molar-refractivity contribution is 6.56. The molecule has 2 heterocycles. The van der Waals surface area contributed by atoms with E-state index in [0.29, 0.717) is 16.9 Å². The summed E-state index contributed by atoms with van der Waals surface area (Å²) in [6, 6.07) is 18.2. The number of pyridine rings is 1. The normalized spacial score (nSPS) is 17.6. The van der Waals surface area contributed by atoms with E-state index < -0.39 is 24.4 Å². The molecule has 202 valence electrons. The molecule has 9 heteroatoms. The summed E-state index contributed by atoms with van der Waals surface area (Å²) in [6.45, 7) is 10.2. The van der Waals surface area contributed by atoms with Gasteiger partial charge in [0, 0.05) is 18.2 Å². The van der Waals surface area contributed by atoms with Gasteiger partial charge < -0.3 is 30.8 Å². The molecule has 1 aliphatic heterocycles. The van der Waals surface area contributed by atoms with Gasteiger partial charge in [0.15, 0.2) is 0 Å². The Hall–Kier alpha value is -3.82. The molecule has 5 N–H and O–H groups in total. The number of hydrogen-bond donors (Lipinski definition) is 3. The zero-order valence-electron chi connectivity index (χ0n) is 23.1. The highest BCUT2D eigenvalue weighted by Gasteiger charge is 2.52. The molecule has 1 aromatic heterocycles. The van der Waals surface area contributed by atoms with E-state index in [9.17, 15) is 4.79 Å². The van der Waals surface area contributed by atoms with Crippen molar-refractivity contribution in [1.82, 2.24) is 10.3 Å². The maximum Gasteiger partial charge on any atom is 0.492 e. The van der Waals surface area contributed by atoms with Crippen molar-refractivity contribution in [2.45, 2.75) is 51.7 Å². The molecule has 39 heavy (non-hydrogen) atoms. The summed E-state index contributed by atoms with van der Waals surface area (Å²) in [5.41, 5.74) is 18.0. The SMILES string of the molecule is Cc1nc(N)c(N)cc1C=C(CNC(=O)OCC1c2ccccc2-c2ccccc21)B1OC(C)(C)C(C)(C)O1. The fourth-order valence-electron chi connectivity index (χ4n) is 5.02. The van der Waals surface area contributed by atoms with Gasteiger partial charge in [0.1, 0.15) is 12.4 Å². The molecular formula is C30H35BN4O4. The van der Waals surface area contributed by atoms with Gasteiger partial charge in [-0.3, -0.25) is 0 Å². The van der Waals surface area contributed by atoms with Crippen LogP contribution in [0.2, 0.25) is 0 Å². The van der Waals surface area contributed by atoms with Crippen LogP contribution in [0.3, 0.4) is 0 Å². The number of nitrogens with two attached hydrogens (primary N) is 2. The predicted octanol–water partition coefficient (Wildman–Crippen LogP) is 5.11. The maximum absolute atomic E-state index is 12.9. The number of nitrogens with zero attached hydrogens (tertiary/aromatic N) is 1. The number of nitrogens with one attached hydrogen (secondary N) is 1. The highest BCUT2D eigenvalue weighted by atomic mass is 16.7. The summed E-state index contributed by atoms with van der Waals surface area (Å²) >= 11 is 0. The van der Waals surface area contributed by atoms with Crippen molar-refractivity contribution in [2.24, 2.45) is 0 Å². The van der Waals surface area contributed by atoms with Gasteiger partial charge >= 0.3 is 13.2 Å². The van der Waals surface area contributed by atoms with E-state index >= 15 is 0 Å². The van der Waals surface area contributed by atoms with Crippen molar-refractivity contribution in [3.8, 4) is 11.1 Å². The molecule has 1 fully saturated rings. The number of carbonyl (C=O) groups is 1. The number of hydrogen-bond acceptors (Lipinski definition) is 7. The molecule has 0 bridgehead atoms. The third kappa shape index (κ3) is 5.12. The van der Waals surface area contributed by atoms with Crippen LogP contribution in [0.25, 0.3) is 17.2 Å². The molecule has 5 rings (SSSR count). The van der Waals surface area contributed by atoms with E-state index in [2.05, 4.69) is 34.6 Å². The zero-order valence-corrected chi connectivity index (χ0v) is 23.1. The van der Waals surface area contributed by atoms with Crippen LogP contribution in [-0.2, 0) is 14.0 Å². The quantitative estimate of drug-likeness (QED) is 0.382. The Morgan fingerprint density at radius 1 is 1.03 bits per heavy atom. The number of ether oxygens (including phenoxy) is 1. The minimum Gasteiger partial charge on any atom is -0.449 e. The van der Waals surface area contributed by atoms with Crippen LogP contribution >= 0.6 is 0 Å². The third-order valence-electron chi connectivity index (χ3n) is 7.99. The topological polar surface area (TPSA) is 122 Å². The number of aryl methyl sites for hydroxylation is 1. The molecule has 1 saturated heterocycles. The van der Waals surface area contributed by atoms with E-state index in [1.165, 1.54) is 11.1 Å². The lowest BCUT2D eigenvalue weighted by atomic mass is 9.77. The molecule has 1 aliphatic carbocycles. The van der Waals surface area contributed by atoms with E-state index in [1.54, 1.807) is 6.07 Å². The second kappa shape index (κ2) is 10.1. The lowest BCUT2D eigenvalue weighted by molar-refractivity contribution is 0.00578. The Labute approximate surface area is 229 Å². The van der Waals surface area contributed by atoms with Gasteiger partial charge in [0.2, 0.25) is 0 Å². The summed E-state index contributed by atoms with van der Waals surface area (Å²) in [4.78, 5) is 17.3. The van der Waals surface area contributed by atoms with Gasteiger partial charge in [0.05, 0.1) is 16.9 Å². The molecule has 2 aliphatic rings. The number of alkyl carbamates (subject to hydrolysis) is 1. The Bertz CT molecular complexity index is 1390. The zero-order chi connectivity index (χ0) is 27.9. The van der Waals surface area contributed by atoms with Crippen LogP contribution in [0.1, 0.15) is 56.0 Å². The fraction of sp³-hybridized carbons (Fsp3) is 0.333. The molecule has 3 aromatic rings. The van der Waals surface area contributed by atoms with Crippen LogP contribution in [-0.4, -0.2) is 42.5 Å². The largest absolute Gasteiger partial charge is 0.492 e.